The monoisotopic (exact) mass is 581 g/mol. The number of hydrogen-bond acceptors (Lipinski definition) is 3. The normalized spacial score (nSPS) is 11.1. The van der Waals surface area contributed by atoms with Crippen LogP contribution in [0.15, 0.2) is 144 Å². The zero-order valence-electron chi connectivity index (χ0n) is 23.3. The van der Waals surface area contributed by atoms with E-state index in [4.69, 9.17) is 21.4 Å². The minimum atomic E-state index is -0.228. The maximum absolute atomic E-state index is 15.0. The van der Waals surface area contributed by atoms with Gasteiger partial charge in [0.05, 0.1) is 23.5 Å². The Labute approximate surface area is 253 Å². The first-order chi connectivity index (χ1) is 21.1. The number of benzene rings is 5. The van der Waals surface area contributed by atoms with Crippen LogP contribution in [-0.4, -0.2) is 21.3 Å². The molecule has 0 atom stereocenters. The van der Waals surface area contributed by atoms with Crippen molar-refractivity contribution in [3.63, 3.8) is 0 Å². The molecule has 7 rings (SSSR count). The van der Waals surface area contributed by atoms with E-state index < -0.39 is 0 Å². The molecule has 0 amide bonds. The molecular formula is C36H26ClN4O2+. The van der Waals surface area contributed by atoms with Crippen LogP contribution in [0.2, 0.25) is 5.02 Å². The van der Waals surface area contributed by atoms with Crippen LogP contribution in [0.4, 0.5) is 0 Å². The number of nitrogens with zero attached hydrogens (tertiary/aromatic N) is 4. The summed E-state index contributed by atoms with van der Waals surface area (Å²) in [6, 6.07) is 44.9. The van der Waals surface area contributed by atoms with Gasteiger partial charge in [0.15, 0.2) is 5.69 Å². The highest BCUT2D eigenvalue weighted by atomic mass is 35.5. The van der Waals surface area contributed by atoms with Gasteiger partial charge in [-0.1, -0.05) is 95.0 Å². The van der Waals surface area contributed by atoms with E-state index in [1.54, 1.807) is 16.2 Å². The second-order valence-corrected chi connectivity index (χ2v) is 10.4. The predicted molar refractivity (Wildman–Crippen MR) is 170 cm³/mol. The summed E-state index contributed by atoms with van der Waals surface area (Å²) in [4.78, 5) is 15.0. The number of methoxy groups -OCH3 is 1. The first-order valence-electron chi connectivity index (χ1n) is 13.8. The molecule has 7 aromatic rings. The molecule has 2 aromatic heterocycles. The molecule has 2 heterocycles. The number of fused-ring (bicyclic) bond motifs is 1. The SMILES string of the molecule is COc1ccc(-n2c(-c3ccccc3)c(-c3ccccc3)n3nc(-c4ccccc4)[n+](-c4ccc(Cl)cc4)c3c2=O)cc1. The van der Waals surface area contributed by atoms with E-state index in [1.807, 2.05) is 144 Å². The molecule has 7 heteroatoms. The maximum atomic E-state index is 15.0. The molecule has 0 aliphatic carbocycles. The lowest BCUT2D eigenvalue weighted by Crippen LogP contribution is -2.39. The zero-order valence-corrected chi connectivity index (χ0v) is 24.0. The lowest BCUT2D eigenvalue weighted by molar-refractivity contribution is -0.557. The van der Waals surface area contributed by atoms with Gasteiger partial charge >= 0.3 is 17.0 Å². The standard InChI is InChI=1S/C36H26ClN4O2/c1-43-31-23-21-29(22-24-31)39-32(25-11-5-2-6-12-25)33(26-13-7-3-8-14-26)41-35(36(39)42)40(30-19-17-28(37)18-20-30)34(38-41)27-15-9-4-10-16-27/h2-24H,1H3/q+1. The first kappa shape index (κ1) is 26.4. The van der Waals surface area contributed by atoms with Crippen molar-refractivity contribution < 1.29 is 9.30 Å². The van der Waals surface area contributed by atoms with Gasteiger partial charge in [-0.2, -0.15) is 4.57 Å². The zero-order chi connectivity index (χ0) is 29.3. The lowest BCUT2D eigenvalue weighted by Gasteiger charge is -2.17. The van der Waals surface area contributed by atoms with E-state index in [0.717, 1.165) is 33.8 Å². The van der Waals surface area contributed by atoms with Crippen LogP contribution in [0, 0.1) is 0 Å². The number of ether oxygens (including phenoxy) is 1. The molecule has 0 saturated carbocycles. The van der Waals surface area contributed by atoms with Crippen LogP contribution in [-0.2, 0) is 0 Å². The quantitative estimate of drug-likeness (QED) is 0.192. The highest BCUT2D eigenvalue weighted by Gasteiger charge is 2.33. The summed E-state index contributed by atoms with van der Waals surface area (Å²) in [5.41, 5.74) is 5.80. The van der Waals surface area contributed by atoms with Crippen LogP contribution in [0.1, 0.15) is 0 Å². The summed E-state index contributed by atoms with van der Waals surface area (Å²) >= 11 is 6.30. The van der Waals surface area contributed by atoms with Crippen molar-refractivity contribution in [2.24, 2.45) is 0 Å². The van der Waals surface area contributed by atoms with Crippen molar-refractivity contribution in [2.75, 3.05) is 7.11 Å². The van der Waals surface area contributed by atoms with Crippen LogP contribution in [0.3, 0.4) is 0 Å². The fourth-order valence-electron chi connectivity index (χ4n) is 5.44. The van der Waals surface area contributed by atoms with E-state index in [0.29, 0.717) is 27.9 Å². The van der Waals surface area contributed by atoms with Crippen LogP contribution < -0.4 is 14.9 Å². The second-order valence-electron chi connectivity index (χ2n) is 10.0. The molecule has 0 aliphatic rings. The van der Waals surface area contributed by atoms with Gasteiger partial charge in [0.2, 0.25) is 0 Å². The summed E-state index contributed by atoms with van der Waals surface area (Å²) in [6.07, 6.45) is 0. The number of hydrogen-bond donors (Lipinski definition) is 0. The van der Waals surface area contributed by atoms with Gasteiger partial charge < -0.3 is 4.74 Å². The molecule has 0 N–H and O–H groups in total. The van der Waals surface area contributed by atoms with Gasteiger partial charge in [-0.3, -0.25) is 9.36 Å². The van der Waals surface area contributed by atoms with Gasteiger partial charge in [-0.05, 0) is 60.7 Å². The Hall–Kier alpha value is -5.46. The molecule has 0 bridgehead atoms. The maximum Gasteiger partial charge on any atom is 0.338 e. The predicted octanol–water partition coefficient (Wildman–Crippen LogP) is 7.42. The molecule has 0 radical (unpaired) electrons. The van der Waals surface area contributed by atoms with Gasteiger partial charge in [-0.15, -0.1) is 0 Å². The first-order valence-corrected chi connectivity index (χ1v) is 14.2. The van der Waals surface area contributed by atoms with Gasteiger partial charge in [-0.25, -0.2) is 0 Å². The average molecular weight is 582 g/mol. The summed E-state index contributed by atoms with van der Waals surface area (Å²) < 4.78 is 10.9. The Morgan fingerprint density at radius 3 is 1.74 bits per heavy atom. The van der Waals surface area contributed by atoms with Crippen molar-refractivity contribution in [2.45, 2.75) is 0 Å². The Kier molecular flexibility index (Phi) is 6.81. The third-order valence-corrected chi connectivity index (χ3v) is 7.67. The fourth-order valence-corrected chi connectivity index (χ4v) is 5.56. The molecular weight excluding hydrogens is 556 g/mol. The van der Waals surface area contributed by atoms with Gasteiger partial charge in [0, 0.05) is 21.8 Å². The number of halogens is 1. The third-order valence-electron chi connectivity index (χ3n) is 7.41. The Bertz CT molecular complexity index is 2110. The lowest BCUT2D eigenvalue weighted by atomic mass is 10.0. The average Bonchev–Trinajstić information content (AvgIpc) is 3.47. The Balaban J connectivity index is 1.72. The molecule has 0 saturated heterocycles. The Morgan fingerprint density at radius 1 is 0.651 bits per heavy atom. The summed E-state index contributed by atoms with van der Waals surface area (Å²) in [7, 11) is 1.63. The summed E-state index contributed by atoms with van der Waals surface area (Å²) in [5, 5.41) is 5.79. The molecule has 6 nitrogen and oxygen atoms in total. The number of aromatic nitrogens is 4. The van der Waals surface area contributed by atoms with Crippen molar-refractivity contribution in [3.8, 4) is 51.0 Å². The molecule has 208 valence electrons. The van der Waals surface area contributed by atoms with E-state index in [-0.39, 0.29) is 5.56 Å². The van der Waals surface area contributed by atoms with Crippen molar-refractivity contribution in [1.82, 2.24) is 14.2 Å². The van der Waals surface area contributed by atoms with Gasteiger partial charge in [0.1, 0.15) is 11.4 Å². The van der Waals surface area contributed by atoms with E-state index in [1.165, 1.54) is 0 Å². The van der Waals surface area contributed by atoms with Crippen LogP contribution >= 0.6 is 11.6 Å². The van der Waals surface area contributed by atoms with E-state index >= 15 is 0 Å². The smallest absolute Gasteiger partial charge is 0.338 e. The second kappa shape index (κ2) is 11.1. The van der Waals surface area contributed by atoms with Crippen LogP contribution in [0.25, 0.3) is 50.9 Å². The molecule has 0 aliphatic heterocycles. The summed E-state index contributed by atoms with van der Waals surface area (Å²) in [5.74, 6) is 1.33. The Morgan fingerprint density at radius 2 is 1.19 bits per heavy atom. The molecule has 43 heavy (non-hydrogen) atoms. The van der Waals surface area contributed by atoms with E-state index in [2.05, 4.69) is 0 Å². The third kappa shape index (κ3) is 4.68. The fraction of sp³-hybridized carbons (Fsp3) is 0.0278. The minimum absolute atomic E-state index is 0.228. The van der Waals surface area contributed by atoms with Crippen molar-refractivity contribution in [3.05, 3.63) is 155 Å². The topological polar surface area (TPSA) is 52.4 Å². The minimum Gasteiger partial charge on any atom is -0.497 e. The molecule has 5 aromatic carbocycles. The summed E-state index contributed by atoms with van der Waals surface area (Å²) in [6.45, 7) is 0. The van der Waals surface area contributed by atoms with E-state index in [9.17, 15) is 4.79 Å². The van der Waals surface area contributed by atoms with Crippen LogP contribution in [0.5, 0.6) is 5.75 Å². The van der Waals surface area contributed by atoms with Crippen molar-refractivity contribution >= 4 is 17.2 Å². The number of rotatable bonds is 6. The molecule has 0 fully saturated rings. The van der Waals surface area contributed by atoms with Crippen molar-refractivity contribution in [1.29, 1.82) is 0 Å². The highest BCUT2D eigenvalue weighted by molar-refractivity contribution is 6.30. The largest absolute Gasteiger partial charge is 0.497 e. The molecule has 0 spiro atoms. The molecule has 0 unspecified atom stereocenters. The van der Waals surface area contributed by atoms with Gasteiger partial charge in [0.25, 0.3) is 0 Å². The highest BCUT2D eigenvalue weighted by Crippen LogP contribution is 2.34.